The molecule has 6 nitrogen and oxygen atoms in total. The van der Waals surface area contributed by atoms with Gasteiger partial charge >= 0.3 is 0 Å². The van der Waals surface area contributed by atoms with E-state index in [0.717, 1.165) is 11.1 Å². The van der Waals surface area contributed by atoms with Gasteiger partial charge in [-0.2, -0.15) is 4.37 Å². The number of aromatic amines is 1. The molecule has 24 heavy (non-hydrogen) atoms. The highest BCUT2D eigenvalue weighted by Gasteiger charge is 2.15. The molecule has 120 valence electrons. The monoisotopic (exact) mass is 356 g/mol. The fraction of sp³-hybridized carbons (Fsp3) is 0.0625. The van der Waals surface area contributed by atoms with Crippen LogP contribution in [-0.2, 0) is 15.6 Å². The molecule has 0 spiro atoms. The van der Waals surface area contributed by atoms with Crippen molar-refractivity contribution in [3.05, 3.63) is 59.3 Å². The summed E-state index contributed by atoms with van der Waals surface area (Å²) in [5.41, 5.74) is 3.69. The topological polar surface area (TPSA) is 88.6 Å². The van der Waals surface area contributed by atoms with Crippen LogP contribution in [-0.4, -0.2) is 27.1 Å². The first-order chi connectivity index (χ1) is 11.6. The Morgan fingerprint density at radius 2 is 1.88 bits per heavy atom. The predicted molar refractivity (Wildman–Crippen MR) is 95.2 cm³/mol. The van der Waals surface area contributed by atoms with Crippen LogP contribution in [0.25, 0.3) is 28.1 Å². The van der Waals surface area contributed by atoms with Crippen LogP contribution >= 0.6 is 11.7 Å². The molecular formula is C16H12N4O2S2. The van der Waals surface area contributed by atoms with Crippen molar-refractivity contribution < 1.29 is 8.42 Å². The maximum Gasteiger partial charge on any atom is 0.178 e. The van der Waals surface area contributed by atoms with Crippen molar-refractivity contribution in [3.8, 4) is 0 Å². The minimum absolute atomic E-state index is 0.236. The van der Waals surface area contributed by atoms with Gasteiger partial charge in [0, 0.05) is 17.1 Å². The summed E-state index contributed by atoms with van der Waals surface area (Å²) in [6.45, 7) is 0. The number of imidazole rings is 1. The van der Waals surface area contributed by atoms with Gasteiger partial charge in [0.25, 0.3) is 0 Å². The van der Waals surface area contributed by atoms with E-state index >= 15 is 0 Å². The summed E-state index contributed by atoms with van der Waals surface area (Å²) in [4.78, 5) is 8.66. The molecule has 2 heterocycles. The van der Waals surface area contributed by atoms with Gasteiger partial charge < -0.3 is 0 Å². The normalized spacial score (nSPS) is 12.5. The van der Waals surface area contributed by atoms with Crippen molar-refractivity contribution in [3.63, 3.8) is 0 Å². The van der Waals surface area contributed by atoms with Crippen molar-refractivity contribution in [1.82, 2.24) is 18.7 Å². The lowest BCUT2D eigenvalue weighted by Gasteiger charge is -1.95. The molecule has 0 aliphatic carbocycles. The molecule has 0 atom stereocenters. The molecule has 0 saturated carbocycles. The molecule has 0 fully saturated rings. The zero-order valence-electron chi connectivity index (χ0n) is 12.4. The summed E-state index contributed by atoms with van der Waals surface area (Å²) < 4.78 is 31.8. The van der Waals surface area contributed by atoms with E-state index < -0.39 is 9.84 Å². The van der Waals surface area contributed by atoms with Crippen LogP contribution in [0, 0.1) is 0 Å². The third-order valence-electron chi connectivity index (χ3n) is 3.51. The van der Waals surface area contributed by atoms with Crippen LogP contribution in [0.15, 0.2) is 47.9 Å². The van der Waals surface area contributed by atoms with Crippen LogP contribution in [0.5, 0.6) is 0 Å². The Morgan fingerprint density at radius 1 is 1.04 bits per heavy atom. The molecule has 0 aliphatic heterocycles. The van der Waals surface area contributed by atoms with Crippen LogP contribution < -0.4 is 0 Å². The average Bonchev–Trinajstić information content (AvgIpc) is 3.19. The molecular weight excluding hydrogens is 344 g/mol. The lowest BCUT2D eigenvalue weighted by atomic mass is 10.2. The maximum atomic E-state index is 12.3. The highest BCUT2D eigenvalue weighted by atomic mass is 32.2. The first-order valence-corrected chi connectivity index (χ1v) is 9.65. The first kappa shape index (κ1) is 15.0. The third kappa shape index (κ3) is 2.93. The number of benzene rings is 2. The summed E-state index contributed by atoms with van der Waals surface area (Å²) in [6, 6.07) is 13.0. The summed E-state index contributed by atoms with van der Waals surface area (Å²) in [5.74, 6) is 0.0450. The number of fused-ring (bicyclic) bond motifs is 3. The number of rotatable bonds is 4. The van der Waals surface area contributed by atoms with E-state index in [1.165, 1.54) is 17.1 Å². The highest BCUT2D eigenvalue weighted by Crippen LogP contribution is 2.22. The van der Waals surface area contributed by atoms with E-state index in [-0.39, 0.29) is 11.6 Å². The van der Waals surface area contributed by atoms with E-state index in [2.05, 4.69) is 18.7 Å². The van der Waals surface area contributed by atoms with Crippen molar-refractivity contribution in [2.45, 2.75) is 5.75 Å². The Hall–Kier alpha value is -2.58. The fourth-order valence-electron chi connectivity index (χ4n) is 2.39. The van der Waals surface area contributed by atoms with Gasteiger partial charge in [-0.05, 0) is 23.8 Å². The molecule has 0 unspecified atom stereocenters. The van der Waals surface area contributed by atoms with Crippen molar-refractivity contribution >= 4 is 49.7 Å². The zero-order valence-corrected chi connectivity index (χ0v) is 14.0. The summed E-state index contributed by atoms with van der Waals surface area (Å²) in [5, 5.41) is 1.20. The first-order valence-electron chi connectivity index (χ1n) is 7.16. The predicted octanol–water partition coefficient (Wildman–Crippen LogP) is 3.15. The van der Waals surface area contributed by atoms with E-state index in [1.54, 1.807) is 6.08 Å². The molecule has 0 aliphatic rings. The number of nitrogens with zero attached hydrogens (tertiary/aromatic N) is 3. The number of aromatic nitrogens is 4. The number of sulfone groups is 1. The second-order valence-electron chi connectivity index (χ2n) is 5.27. The summed E-state index contributed by atoms with van der Waals surface area (Å²) in [7, 11) is -3.45. The number of hydrogen-bond donors (Lipinski definition) is 1. The van der Waals surface area contributed by atoms with E-state index in [4.69, 9.17) is 0 Å². The fourth-order valence-corrected chi connectivity index (χ4v) is 3.93. The Bertz CT molecular complexity index is 1140. The van der Waals surface area contributed by atoms with Gasteiger partial charge in [-0.15, -0.1) is 0 Å². The largest absolute Gasteiger partial charge is 0.293 e. The van der Waals surface area contributed by atoms with Crippen LogP contribution in [0.1, 0.15) is 11.4 Å². The van der Waals surface area contributed by atoms with E-state index in [0.29, 0.717) is 16.6 Å². The second kappa shape index (κ2) is 5.81. The van der Waals surface area contributed by atoms with Gasteiger partial charge in [0.1, 0.15) is 22.6 Å². The van der Waals surface area contributed by atoms with Crippen molar-refractivity contribution in [2.75, 3.05) is 0 Å². The SMILES string of the molecule is O=S(=O)(/C=C/c1ccccc1)Cc1nc2ccc3[nH]snc3c2n1. The molecule has 1 N–H and O–H groups in total. The van der Waals surface area contributed by atoms with E-state index in [9.17, 15) is 8.42 Å². The molecule has 2 aromatic heterocycles. The lowest BCUT2D eigenvalue weighted by molar-refractivity contribution is 0.603. The molecule has 4 aromatic rings. The Labute approximate surface area is 142 Å². The van der Waals surface area contributed by atoms with Gasteiger partial charge in [-0.25, -0.2) is 18.4 Å². The second-order valence-corrected chi connectivity index (χ2v) is 7.73. The van der Waals surface area contributed by atoms with Crippen molar-refractivity contribution in [1.29, 1.82) is 0 Å². The number of H-pyrrole nitrogens is 1. The molecule has 0 radical (unpaired) electrons. The van der Waals surface area contributed by atoms with Gasteiger partial charge in [-0.1, -0.05) is 30.3 Å². The standard InChI is InChI=1S/C16H12N4O2S2/c21-24(22,9-8-11-4-2-1-3-5-11)10-14-17-12-6-7-13-16(15(12)18-14)20-23-19-13/h1-9,19H,10H2/b9-8+. The van der Waals surface area contributed by atoms with Gasteiger partial charge in [-0.3, -0.25) is 4.37 Å². The van der Waals surface area contributed by atoms with Crippen molar-refractivity contribution in [2.24, 2.45) is 0 Å². The quantitative estimate of drug-likeness (QED) is 0.607. The van der Waals surface area contributed by atoms with E-state index in [1.807, 2.05) is 42.5 Å². The maximum absolute atomic E-state index is 12.3. The Balaban J connectivity index is 1.64. The molecule has 4 rings (SSSR count). The Kier molecular flexibility index (Phi) is 3.62. The number of hydrogen-bond acceptors (Lipinski definition) is 6. The van der Waals surface area contributed by atoms with Gasteiger partial charge in [0.15, 0.2) is 9.84 Å². The minimum atomic E-state index is -3.45. The smallest absolute Gasteiger partial charge is 0.178 e. The van der Waals surface area contributed by atoms with Gasteiger partial charge in [0.05, 0.1) is 11.0 Å². The van der Waals surface area contributed by atoms with Crippen LogP contribution in [0.3, 0.4) is 0 Å². The van der Waals surface area contributed by atoms with Crippen LogP contribution in [0.4, 0.5) is 0 Å². The highest BCUT2D eigenvalue weighted by molar-refractivity contribution is 7.93. The minimum Gasteiger partial charge on any atom is -0.293 e. The molecule has 0 saturated heterocycles. The average molecular weight is 356 g/mol. The van der Waals surface area contributed by atoms with Crippen LogP contribution in [0.2, 0.25) is 0 Å². The molecule has 0 amide bonds. The molecule has 8 heteroatoms. The molecule has 2 aromatic carbocycles. The number of nitrogens with one attached hydrogen (secondary N) is 1. The lowest BCUT2D eigenvalue weighted by Crippen LogP contribution is -2.01. The zero-order chi connectivity index (χ0) is 16.6. The molecule has 0 bridgehead atoms. The third-order valence-corrected chi connectivity index (χ3v) is 5.31. The van der Waals surface area contributed by atoms with Gasteiger partial charge in [0.2, 0.25) is 0 Å². The summed E-state index contributed by atoms with van der Waals surface area (Å²) >= 11 is 1.22. The Morgan fingerprint density at radius 3 is 2.71 bits per heavy atom. The summed E-state index contributed by atoms with van der Waals surface area (Å²) in [6.07, 6.45) is 1.57.